The zero-order chi connectivity index (χ0) is 18.5. The van der Waals surface area contributed by atoms with Crippen molar-refractivity contribution in [3.63, 3.8) is 0 Å². The van der Waals surface area contributed by atoms with Crippen LogP contribution in [0.2, 0.25) is 0 Å². The number of hydrogen-bond acceptors (Lipinski definition) is 5. The zero-order valence-electron chi connectivity index (χ0n) is 15.7. The highest BCUT2D eigenvalue weighted by molar-refractivity contribution is 7.99. The Hall–Kier alpha value is -2.00. The molecule has 1 aliphatic rings. The van der Waals surface area contributed by atoms with Crippen LogP contribution in [0.1, 0.15) is 45.6 Å². The minimum absolute atomic E-state index is 0.00151. The molecule has 138 valence electrons. The first-order chi connectivity index (χ1) is 12.6. The summed E-state index contributed by atoms with van der Waals surface area (Å²) in [5.41, 5.74) is 1.05. The molecule has 0 spiro atoms. The molecule has 1 heterocycles. The van der Waals surface area contributed by atoms with Gasteiger partial charge in [0.25, 0.3) is 0 Å². The van der Waals surface area contributed by atoms with E-state index in [0.29, 0.717) is 12.0 Å². The second kappa shape index (κ2) is 8.59. The van der Waals surface area contributed by atoms with E-state index in [4.69, 9.17) is 10.00 Å². The van der Waals surface area contributed by atoms with Crippen LogP contribution in [-0.2, 0) is 0 Å². The van der Waals surface area contributed by atoms with E-state index >= 15 is 0 Å². The molecule has 1 aliphatic carbocycles. The second-order valence-corrected chi connectivity index (χ2v) is 8.06. The summed E-state index contributed by atoms with van der Waals surface area (Å²) in [6, 6.07) is 10.7. The predicted molar refractivity (Wildman–Crippen MR) is 104 cm³/mol. The van der Waals surface area contributed by atoms with Crippen molar-refractivity contribution in [1.82, 2.24) is 14.8 Å². The summed E-state index contributed by atoms with van der Waals surface area (Å²) in [5.74, 6) is 3.09. The molecule has 0 N–H and O–H groups in total. The van der Waals surface area contributed by atoms with Crippen LogP contribution >= 0.6 is 11.8 Å². The van der Waals surface area contributed by atoms with Gasteiger partial charge in [-0.1, -0.05) is 31.5 Å². The number of nitrogens with zero attached hydrogens (tertiary/aromatic N) is 4. The van der Waals surface area contributed by atoms with E-state index in [1.165, 1.54) is 19.3 Å². The lowest BCUT2D eigenvalue weighted by molar-refractivity contribution is 0.247. The first-order valence-corrected chi connectivity index (χ1v) is 10.2. The van der Waals surface area contributed by atoms with Gasteiger partial charge in [-0.3, -0.25) is 4.57 Å². The van der Waals surface area contributed by atoms with Gasteiger partial charge in [0.15, 0.2) is 11.0 Å². The van der Waals surface area contributed by atoms with E-state index in [9.17, 15) is 0 Å². The molecule has 0 amide bonds. The molecule has 0 bridgehead atoms. The highest BCUT2D eigenvalue weighted by Crippen LogP contribution is 2.39. The monoisotopic (exact) mass is 370 g/mol. The predicted octanol–water partition coefficient (Wildman–Crippen LogP) is 4.96. The lowest BCUT2D eigenvalue weighted by Crippen LogP contribution is -2.22. The number of hydrogen-bond donors (Lipinski definition) is 0. The molecule has 0 unspecified atom stereocenters. The van der Waals surface area contributed by atoms with Crippen molar-refractivity contribution in [3.8, 4) is 23.2 Å². The van der Waals surface area contributed by atoms with Crippen LogP contribution in [0.4, 0.5) is 0 Å². The Morgan fingerprint density at radius 2 is 2.00 bits per heavy atom. The second-order valence-electron chi connectivity index (χ2n) is 7.07. The summed E-state index contributed by atoms with van der Waals surface area (Å²) in [6.45, 7) is 4.27. The average molecular weight is 371 g/mol. The van der Waals surface area contributed by atoms with Gasteiger partial charge in [0.05, 0.1) is 19.1 Å². The molecule has 6 heteroatoms. The lowest BCUT2D eigenvalue weighted by Gasteiger charge is -2.31. The summed E-state index contributed by atoms with van der Waals surface area (Å²) < 4.78 is 7.59. The maximum absolute atomic E-state index is 9.09. The molecule has 5 nitrogen and oxygen atoms in total. The van der Waals surface area contributed by atoms with Crippen molar-refractivity contribution >= 4 is 11.8 Å². The average Bonchev–Trinajstić information content (AvgIpc) is 3.10. The summed E-state index contributed by atoms with van der Waals surface area (Å²) in [5, 5.41) is 19.0. The van der Waals surface area contributed by atoms with Crippen LogP contribution < -0.4 is 4.74 Å². The molecular weight excluding hydrogens is 344 g/mol. The third kappa shape index (κ3) is 4.04. The van der Waals surface area contributed by atoms with Crippen molar-refractivity contribution in [3.05, 3.63) is 24.3 Å². The number of nitriles is 1. The Morgan fingerprint density at radius 3 is 2.65 bits per heavy atom. The molecule has 3 atom stereocenters. The Bertz CT molecular complexity index is 765. The molecule has 1 aromatic carbocycles. The number of rotatable bonds is 6. The van der Waals surface area contributed by atoms with E-state index in [0.717, 1.165) is 34.5 Å². The van der Waals surface area contributed by atoms with E-state index in [-0.39, 0.29) is 5.92 Å². The van der Waals surface area contributed by atoms with Gasteiger partial charge in [-0.15, -0.1) is 10.2 Å². The van der Waals surface area contributed by atoms with Crippen LogP contribution in [0.15, 0.2) is 29.4 Å². The highest BCUT2D eigenvalue weighted by atomic mass is 32.2. The number of ether oxygens (including phenoxy) is 1. The minimum atomic E-state index is -0.00151. The Balaban J connectivity index is 1.97. The van der Waals surface area contributed by atoms with Crippen LogP contribution in [-0.4, -0.2) is 27.6 Å². The van der Waals surface area contributed by atoms with Crippen molar-refractivity contribution < 1.29 is 4.74 Å². The van der Waals surface area contributed by atoms with Gasteiger partial charge in [0, 0.05) is 17.4 Å². The maximum atomic E-state index is 9.09. The summed E-state index contributed by atoms with van der Waals surface area (Å²) >= 11 is 1.64. The molecule has 0 saturated heterocycles. The molecule has 0 radical (unpaired) electrons. The smallest absolute Gasteiger partial charge is 0.191 e. The molecular formula is C20H26N4OS. The van der Waals surface area contributed by atoms with Gasteiger partial charge in [-0.2, -0.15) is 5.26 Å². The van der Waals surface area contributed by atoms with Crippen LogP contribution in [0, 0.1) is 23.2 Å². The molecule has 2 aromatic rings. The van der Waals surface area contributed by atoms with Crippen molar-refractivity contribution in [2.24, 2.45) is 11.8 Å². The van der Waals surface area contributed by atoms with Crippen LogP contribution in [0.25, 0.3) is 11.4 Å². The van der Waals surface area contributed by atoms with E-state index < -0.39 is 0 Å². The van der Waals surface area contributed by atoms with Gasteiger partial charge in [0.1, 0.15) is 5.75 Å². The first kappa shape index (κ1) is 18.8. The Kier molecular flexibility index (Phi) is 6.20. The fourth-order valence-electron chi connectivity index (χ4n) is 3.53. The van der Waals surface area contributed by atoms with Crippen molar-refractivity contribution in [1.29, 1.82) is 5.26 Å². The van der Waals surface area contributed by atoms with Crippen molar-refractivity contribution in [2.45, 2.75) is 50.7 Å². The van der Waals surface area contributed by atoms with Gasteiger partial charge >= 0.3 is 0 Å². The number of benzene rings is 1. The third-order valence-electron chi connectivity index (χ3n) is 5.09. The zero-order valence-corrected chi connectivity index (χ0v) is 16.5. The quantitative estimate of drug-likeness (QED) is 0.673. The fourth-order valence-corrected chi connectivity index (χ4v) is 4.46. The van der Waals surface area contributed by atoms with Gasteiger partial charge in [0.2, 0.25) is 0 Å². The van der Waals surface area contributed by atoms with Crippen LogP contribution in [0.5, 0.6) is 5.75 Å². The molecule has 0 aliphatic heterocycles. The number of aromatic nitrogens is 3. The largest absolute Gasteiger partial charge is 0.497 e. The standard InChI is InChI=1S/C20H26N4OS/c1-14(12-21)13-26-20-23-22-19(16-8-10-17(25-3)11-9-16)24(20)18-7-5-4-6-15(18)2/h8-11,14-15,18H,4-7,13H2,1-3H3/t14-,15-,18+/m0/s1. The number of thioether (sulfide) groups is 1. The molecule has 1 aromatic heterocycles. The van der Waals surface area contributed by atoms with E-state index in [1.54, 1.807) is 18.9 Å². The van der Waals surface area contributed by atoms with Gasteiger partial charge in [-0.25, -0.2) is 0 Å². The fraction of sp³-hybridized carbons (Fsp3) is 0.550. The van der Waals surface area contributed by atoms with Gasteiger partial charge < -0.3 is 4.74 Å². The van der Waals surface area contributed by atoms with Gasteiger partial charge in [-0.05, 0) is 49.9 Å². The summed E-state index contributed by atoms with van der Waals surface area (Å²) in [7, 11) is 1.67. The number of methoxy groups -OCH3 is 1. The SMILES string of the molecule is COc1ccc(-c2nnc(SC[C@@H](C)C#N)n2[C@@H]2CCCC[C@@H]2C)cc1. The molecule has 1 saturated carbocycles. The summed E-state index contributed by atoms with van der Waals surface area (Å²) in [4.78, 5) is 0. The highest BCUT2D eigenvalue weighted by Gasteiger charge is 2.28. The minimum Gasteiger partial charge on any atom is -0.497 e. The summed E-state index contributed by atoms with van der Waals surface area (Å²) in [6.07, 6.45) is 4.94. The lowest BCUT2D eigenvalue weighted by atomic mass is 9.85. The topological polar surface area (TPSA) is 63.7 Å². The molecule has 26 heavy (non-hydrogen) atoms. The Labute approximate surface area is 159 Å². The molecule has 1 fully saturated rings. The first-order valence-electron chi connectivity index (χ1n) is 9.25. The Morgan fingerprint density at radius 1 is 1.27 bits per heavy atom. The third-order valence-corrected chi connectivity index (χ3v) is 6.30. The van der Waals surface area contributed by atoms with E-state index in [1.807, 2.05) is 31.2 Å². The van der Waals surface area contributed by atoms with E-state index in [2.05, 4.69) is 27.8 Å². The van der Waals surface area contributed by atoms with Crippen LogP contribution in [0.3, 0.4) is 0 Å². The maximum Gasteiger partial charge on any atom is 0.191 e. The normalized spacial score (nSPS) is 21.2. The molecule has 3 rings (SSSR count). The van der Waals surface area contributed by atoms with Crippen molar-refractivity contribution in [2.75, 3.05) is 12.9 Å².